The van der Waals surface area contributed by atoms with Crippen LogP contribution in [-0.2, 0) is 19.5 Å². The zero-order valence-electron chi connectivity index (χ0n) is 17.6. The average molecular weight is 398 g/mol. The number of hydrogen-bond donors (Lipinski definition) is 1. The molecule has 1 aliphatic rings. The number of nitrogens with zero attached hydrogens (tertiary/aromatic N) is 4. The van der Waals surface area contributed by atoms with Gasteiger partial charge >= 0.3 is 0 Å². The highest BCUT2D eigenvalue weighted by Gasteiger charge is 2.23. The van der Waals surface area contributed by atoms with Gasteiger partial charge in [0.05, 0.1) is 18.3 Å². The molecule has 0 bridgehead atoms. The lowest BCUT2D eigenvalue weighted by Crippen LogP contribution is -2.32. The van der Waals surface area contributed by atoms with E-state index in [9.17, 15) is 0 Å². The van der Waals surface area contributed by atoms with E-state index in [4.69, 9.17) is 15.2 Å². The number of hydrogen-bond acceptors (Lipinski definition) is 5. The van der Waals surface area contributed by atoms with Gasteiger partial charge in [0.25, 0.3) is 0 Å². The average Bonchev–Trinajstić information content (AvgIpc) is 2.78. The van der Waals surface area contributed by atoms with E-state index < -0.39 is 0 Å². The molecule has 3 aromatic rings. The summed E-state index contributed by atoms with van der Waals surface area (Å²) in [5.74, 6) is 2.05. The maximum Gasteiger partial charge on any atom is 0.162 e. The Hall–Kier alpha value is -3.23. The summed E-state index contributed by atoms with van der Waals surface area (Å²) >= 11 is 0. The molecule has 0 fully saturated rings. The minimum absolute atomic E-state index is 0.396. The topological polar surface area (TPSA) is 64.8 Å². The molecule has 0 atom stereocenters. The Kier molecular flexibility index (Phi) is 6.06. The summed E-state index contributed by atoms with van der Waals surface area (Å²) in [7, 11) is 0. The summed E-state index contributed by atoms with van der Waals surface area (Å²) in [6.07, 6.45) is 0.830. The van der Waals surface area contributed by atoms with Gasteiger partial charge in [0.15, 0.2) is 5.82 Å². The lowest BCUT2D eigenvalue weighted by Gasteiger charge is -2.28. The SMILES string of the molecule is CC(C)c1ccccc1-c1nc2c(c(NCc3ccccc3)n1)CN(CC#N)CC2. The number of fused-ring (bicyclic) bond motifs is 1. The van der Waals surface area contributed by atoms with Crippen molar-refractivity contribution >= 4 is 5.82 Å². The lowest BCUT2D eigenvalue weighted by molar-refractivity contribution is 0.282. The van der Waals surface area contributed by atoms with E-state index in [1.54, 1.807) is 0 Å². The van der Waals surface area contributed by atoms with Crippen LogP contribution in [0.15, 0.2) is 54.6 Å². The molecule has 0 radical (unpaired) electrons. The van der Waals surface area contributed by atoms with Crippen molar-refractivity contribution in [3.05, 3.63) is 77.0 Å². The summed E-state index contributed by atoms with van der Waals surface area (Å²) in [5, 5.41) is 12.7. The molecule has 1 N–H and O–H groups in total. The van der Waals surface area contributed by atoms with Crippen molar-refractivity contribution in [2.45, 2.75) is 39.3 Å². The smallest absolute Gasteiger partial charge is 0.162 e. The Morgan fingerprint density at radius 1 is 1.07 bits per heavy atom. The quantitative estimate of drug-likeness (QED) is 0.608. The molecule has 1 aliphatic heterocycles. The third-order valence-corrected chi connectivity index (χ3v) is 5.56. The molecule has 0 saturated heterocycles. The number of nitrogens with one attached hydrogen (secondary N) is 1. The largest absolute Gasteiger partial charge is 0.366 e. The monoisotopic (exact) mass is 397 g/mol. The van der Waals surface area contributed by atoms with Gasteiger partial charge in [-0.15, -0.1) is 0 Å². The van der Waals surface area contributed by atoms with Crippen molar-refractivity contribution in [1.82, 2.24) is 14.9 Å². The number of rotatable bonds is 6. The van der Waals surface area contributed by atoms with E-state index in [0.29, 0.717) is 25.6 Å². The number of aromatic nitrogens is 2. The van der Waals surface area contributed by atoms with E-state index in [-0.39, 0.29) is 0 Å². The molecule has 5 heteroatoms. The van der Waals surface area contributed by atoms with Crippen molar-refractivity contribution in [2.75, 3.05) is 18.4 Å². The standard InChI is InChI=1S/C25H27N5/c1-18(2)20-10-6-7-11-21(20)25-28-23-12-14-30(15-13-26)17-22(23)24(29-25)27-16-19-8-4-3-5-9-19/h3-11,18H,12,14-17H2,1-2H3,(H,27,28,29). The van der Waals surface area contributed by atoms with Crippen LogP contribution in [0.25, 0.3) is 11.4 Å². The lowest BCUT2D eigenvalue weighted by atomic mass is 9.96. The van der Waals surface area contributed by atoms with Crippen molar-refractivity contribution in [3.63, 3.8) is 0 Å². The molecule has 0 amide bonds. The molecule has 2 heterocycles. The van der Waals surface area contributed by atoms with Gasteiger partial charge in [-0.1, -0.05) is 68.4 Å². The van der Waals surface area contributed by atoms with E-state index in [2.05, 4.69) is 66.5 Å². The third-order valence-electron chi connectivity index (χ3n) is 5.56. The van der Waals surface area contributed by atoms with Crippen LogP contribution < -0.4 is 5.32 Å². The summed E-state index contributed by atoms with van der Waals surface area (Å²) < 4.78 is 0. The van der Waals surface area contributed by atoms with Crippen molar-refractivity contribution in [1.29, 1.82) is 5.26 Å². The second kappa shape index (κ2) is 9.06. The first-order valence-corrected chi connectivity index (χ1v) is 10.5. The first-order valence-electron chi connectivity index (χ1n) is 10.5. The van der Waals surface area contributed by atoms with E-state index >= 15 is 0 Å². The van der Waals surface area contributed by atoms with Crippen molar-refractivity contribution in [3.8, 4) is 17.5 Å². The summed E-state index contributed by atoms with van der Waals surface area (Å²) in [5.41, 5.74) is 5.76. The molecule has 0 spiro atoms. The van der Waals surface area contributed by atoms with Crippen LogP contribution in [0.5, 0.6) is 0 Å². The first kappa shape index (κ1) is 20.1. The Bertz CT molecular complexity index is 1050. The van der Waals surface area contributed by atoms with Crippen LogP contribution in [0.4, 0.5) is 5.82 Å². The summed E-state index contributed by atoms with van der Waals surface area (Å²) in [4.78, 5) is 12.1. The van der Waals surface area contributed by atoms with Crippen LogP contribution in [0.3, 0.4) is 0 Å². The fourth-order valence-corrected chi connectivity index (χ4v) is 3.96. The van der Waals surface area contributed by atoms with Crippen molar-refractivity contribution < 1.29 is 0 Å². The second-order valence-electron chi connectivity index (χ2n) is 8.02. The third kappa shape index (κ3) is 4.34. The maximum absolute atomic E-state index is 9.12. The van der Waals surface area contributed by atoms with Gasteiger partial charge in [-0.05, 0) is 17.0 Å². The number of anilines is 1. The van der Waals surface area contributed by atoms with Crippen LogP contribution in [-0.4, -0.2) is 28.0 Å². The first-order chi connectivity index (χ1) is 14.7. The van der Waals surface area contributed by atoms with Gasteiger partial charge in [-0.3, -0.25) is 4.90 Å². The number of benzene rings is 2. The van der Waals surface area contributed by atoms with Crippen LogP contribution in [0.2, 0.25) is 0 Å². The van der Waals surface area contributed by atoms with E-state index in [1.807, 2.05) is 18.2 Å². The Morgan fingerprint density at radius 3 is 2.60 bits per heavy atom. The highest BCUT2D eigenvalue weighted by atomic mass is 15.1. The highest BCUT2D eigenvalue weighted by molar-refractivity contribution is 5.64. The normalized spacial score (nSPS) is 13.7. The van der Waals surface area contributed by atoms with E-state index in [0.717, 1.165) is 41.4 Å². The Labute approximate surface area is 178 Å². The fraction of sp³-hybridized carbons (Fsp3) is 0.320. The molecular formula is C25H27N5. The predicted octanol–water partition coefficient (Wildman–Crippen LogP) is 4.76. The summed E-state index contributed by atoms with van der Waals surface area (Å²) in [6.45, 7) is 7.08. The molecule has 1 aromatic heterocycles. The number of nitriles is 1. The molecule has 5 nitrogen and oxygen atoms in total. The molecule has 0 unspecified atom stereocenters. The van der Waals surface area contributed by atoms with Gasteiger partial charge in [-0.25, -0.2) is 9.97 Å². The van der Waals surface area contributed by atoms with Gasteiger partial charge in [0.1, 0.15) is 5.82 Å². The molecule has 0 saturated carbocycles. The minimum Gasteiger partial charge on any atom is -0.366 e. The van der Waals surface area contributed by atoms with Crippen LogP contribution in [0.1, 0.15) is 42.1 Å². The minimum atomic E-state index is 0.396. The van der Waals surface area contributed by atoms with Gasteiger partial charge in [0, 0.05) is 37.2 Å². The Balaban J connectivity index is 1.74. The van der Waals surface area contributed by atoms with Gasteiger partial charge in [-0.2, -0.15) is 5.26 Å². The fourth-order valence-electron chi connectivity index (χ4n) is 3.96. The molecule has 4 rings (SSSR count). The van der Waals surface area contributed by atoms with Crippen LogP contribution in [0, 0.1) is 11.3 Å². The van der Waals surface area contributed by atoms with Gasteiger partial charge < -0.3 is 5.32 Å². The zero-order chi connectivity index (χ0) is 20.9. The van der Waals surface area contributed by atoms with E-state index in [1.165, 1.54) is 11.1 Å². The molecule has 152 valence electrons. The molecule has 0 aliphatic carbocycles. The predicted molar refractivity (Wildman–Crippen MR) is 120 cm³/mol. The highest BCUT2D eigenvalue weighted by Crippen LogP contribution is 2.31. The molecule has 2 aromatic carbocycles. The summed E-state index contributed by atoms with van der Waals surface area (Å²) in [6, 6.07) is 21.0. The zero-order valence-corrected chi connectivity index (χ0v) is 17.6. The van der Waals surface area contributed by atoms with Gasteiger partial charge in [0.2, 0.25) is 0 Å². The Morgan fingerprint density at radius 2 is 1.83 bits per heavy atom. The van der Waals surface area contributed by atoms with Crippen molar-refractivity contribution in [2.24, 2.45) is 0 Å². The maximum atomic E-state index is 9.12. The molecule has 30 heavy (non-hydrogen) atoms. The van der Waals surface area contributed by atoms with Crippen LogP contribution >= 0.6 is 0 Å². The second-order valence-corrected chi connectivity index (χ2v) is 8.02. The molecular weight excluding hydrogens is 370 g/mol.